The van der Waals surface area contributed by atoms with Crippen LogP contribution in [0.1, 0.15) is 16.7 Å². The Balaban J connectivity index is 1.25. The molecular formula is C25H16Cl3NO5S. The van der Waals surface area contributed by atoms with Crippen molar-refractivity contribution in [1.29, 1.82) is 0 Å². The molecule has 5 rings (SSSR count). The summed E-state index contributed by atoms with van der Waals surface area (Å²) in [4.78, 5) is 27.0. The van der Waals surface area contributed by atoms with Crippen molar-refractivity contribution in [2.75, 3.05) is 6.79 Å². The van der Waals surface area contributed by atoms with Crippen molar-refractivity contribution in [3.05, 3.63) is 91.3 Å². The zero-order valence-electron chi connectivity index (χ0n) is 17.9. The quantitative estimate of drug-likeness (QED) is 0.304. The van der Waals surface area contributed by atoms with Crippen molar-refractivity contribution in [2.45, 2.75) is 13.2 Å². The molecular weight excluding hydrogens is 533 g/mol. The van der Waals surface area contributed by atoms with Gasteiger partial charge in [0.1, 0.15) is 12.4 Å². The van der Waals surface area contributed by atoms with Crippen LogP contribution in [-0.2, 0) is 17.9 Å². The highest BCUT2D eigenvalue weighted by Gasteiger charge is 2.35. The number of halogens is 3. The van der Waals surface area contributed by atoms with E-state index in [9.17, 15) is 9.59 Å². The van der Waals surface area contributed by atoms with Crippen molar-refractivity contribution in [3.63, 3.8) is 0 Å². The number of thioether (sulfide) groups is 1. The third-order valence-electron chi connectivity index (χ3n) is 5.33. The van der Waals surface area contributed by atoms with E-state index in [2.05, 4.69) is 0 Å². The molecule has 1 fully saturated rings. The first-order chi connectivity index (χ1) is 16.9. The van der Waals surface area contributed by atoms with Gasteiger partial charge in [-0.2, -0.15) is 0 Å². The number of hydrogen-bond donors (Lipinski definition) is 0. The second kappa shape index (κ2) is 10.0. The third kappa shape index (κ3) is 5.23. The van der Waals surface area contributed by atoms with Crippen LogP contribution >= 0.6 is 46.6 Å². The lowest BCUT2D eigenvalue weighted by Gasteiger charge is -2.14. The standard InChI is InChI=1S/C25H16Cl3NO5S/c26-17-4-3-15(19(27)9-17)12-32-18-5-1-14(2-6-18)7-23-24(30)29(25(31)35-23)11-16-8-21-22(10-20(16)28)34-13-33-21/h1-10H,11-13H2/b23-7+. The van der Waals surface area contributed by atoms with E-state index in [0.29, 0.717) is 42.8 Å². The Morgan fingerprint density at radius 3 is 2.37 bits per heavy atom. The number of carbonyl (C=O) groups is 2. The second-order valence-corrected chi connectivity index (χ2v) is 9.90. The Kier molecular flexibility index (Phi) is 6.84. The summed E-state index contributed by atoms with van der Waals surface area (Å²) in [6.07, 6.45) is 1.67. The lowest BCUT2D eigenvalue weighted by Crippen LogP contribution is -2.27. The van der Waals surface area contributed by atoms with Crippen LogP contribution in [0.3, 0.4) is 0 Å². The van der Waals surface area contributed by atoms with Gasteiger partial charge < -0.3 is 14.2 Å². The molecule has 0 bridgehead atoms. The minimum atomic E-state index is -0.383. The highest BCUT2D eigenvalue weighted by Crippen LogP contribution is 2.39. The highest BCUT2D eigenvalue weighted by molar-refractivity contribution is 8.18. The summed E-state index contributed by atoms with van der Waals surface area (Å²) in [5.74, 6) is 1.33. The Bertz CT molecular complexity index is 1360. The van der Waals surface area contributed by atoms with E-state index in [1.807, 2.05) is 18.2 Å². The maximum Gasteiger partial charge on any atom is 0.293 e. The molecule has 0 unspecified atom stereocenters. The zero-order chi connectivity index (χ0) is 24.5. The fourth-order valence-electron chi connectivity index (χ4n) is 3.50. The van der Waals surface area contributed by atoms with Crippen molar-refractivity contribution in [2.24, 2.45) is 0 Å². The van der Waals surface area contributed by atoms with Crippen LogP contribution in [0, 0.1) is 0 Å². The smallest absolute Gasteiger partial charge is 0.293 e. The Labute approximate surface area is 220 Å². The fourth-order valence-corrected chi connectivity index (χ4v) is 5.01. The Morgan fingerprint density at radius 2 is 1.63 bits per heavy atom. The van der Waals surface area contributed by atoms with Gasteiger partial charge in [-0.05, 0) is 59.3 Å². The van der Waals surface area contributed by atoms with Crippen molar-refractivity contribution >= 4 is 63.8 Å². The van der Waals surface area contributed by atoms with Crippen LogP contribution in [-0.4, -0.2) is 22.8 Å². The van der Waals surface area contributed by atoms with E-state index >= 15 is 0 Å². The minimum absolute atomic E-state index is 0.0392. The fraction of sp³-hybridized carbons (Fsp3) is 0.120. The van der Waals surface area contributed by atoms with Gasteiger partial charge in [0.05, 0.1) is 11.4 Å². The average molecular weight is 549 g/mol. The maximum atomic E-state index is 12.9. The van der Waals surface area contributed by atoms with E-state index < -0.39 is 0 Å². The Morgan fingerprint density at radius 1 is 0.914 bits per heavy atom. The van der Waals surface area contributed by atoms with E-state index in [4.69, 9.17) is 49.0 Å². The van der Waals surface area contributed by atoms with Gasteiger partial charge in [-0.3, -0.25) is 14.5 Å². The number of hydrogen-bond acceptors (Lipinski definition) is 6. The summed E-state index contributed by atoms with van der Waals surface area (Å²) in [7, 11) is 0. The van der Waals surface area contributed by atoms with Crippen LogP contribution in [0.4, 0.5) is 4.79 Å². The van der Waals surface area contributed by atoms with Crippen LogP contribution < -0.4 is 14.2 Å². The maximum absolute atomic E-state index is 12.9. The predicted octanol–water partition coefficient (Wildman–Crippen LogP) is 7.19. The summed E-state index contributed by atoms with van der Waals surface area (Å²) < 4.78 is 16.5. The molecule has 2 amide bonds. The molecule has 6 nitrogen and oxygen atoms in total. The number of ether oxygens (including phenoxy) is 3. The largest absolute Gasteiger partial charge is 0.489 e. The van der Waals surface area contributed by atoms with E-state index in [0.717, 1.165) is 27.8 Å². The van der Waals surface area contributed by atoms with Gasteiger partial charge in [0.2, 0.25) is 6.79 Å². The number of fused-ring (bicyclic) bond motifs is 1. The van der Waals surface area contributed by atoms with Gasteiger partial charge >= 0.3 is 0 Å². The molecule has 1 saturated heterocycles. The lowest BCUT2D eigenvalue weighted by molar-refractivity contribution is -0.123. The molecule has 0 radical (unpaired) electrons. The van der Waals surface area contributed by atoms with E-state index in [1.165, 1.54) is 0 Å². The van der Waals surface area contributed by atoms with Crippen LogP contribution in [0.2, 0.25) is 15.1 Å². The summed E-state index contributed by atoms with van der Waals surface area (Å²) in [6, 6.07) is 15.7. The van der Waals surface area contributed by atoms with E-state index in [1.54, 1.807) is 42.5 Å². The predicted molar refractivity (Wildman–Crippen MR) is 136 cm³/mol. The molecule has 0 aliphatic carbocycles. The molecule has 0 N–H and O–H groups in total. The Hall–Kier alpha value is -2.84. The molecule has 178 valence electrons. The number of benzene rings is 3. The first-order valence-corrected chi connectivity index (χ1v) is 12.3. The summed E-state index contributed by atoms with van der Waals surface area (Å²) in [5.41, 5.74) is 2.17. The van der Waals surface area contributed by atoms with Gasteiger partial charge in [0.25, 0.3) is 11.1 Å². The number of carbonyl (C=O) groups excluding carboxylic acids is 2. The highest BCUT2D eigenvalue weighted by atomic mass is 35.5. The SMILES string of the molecule is O=C1S/C(=C/c2ccc(OCc3ccc(Cl)cc3Cl)cc2)C(=O)N1Cc1cc2c(cc1Cl)OCO2. The van der Waals surface area contributed by atoms with Gasteiger partial charge in [-0.15, -0.1) is 0 Å². The monoisotopic (exact) mass is 547 g/mol. The summed E-state index contributed by atoms with van der Waals surface area (Å²) >= 11 is 19.3. The van der Waals surface area contributed by atoms with Gasteiger partial charge in [-0.25, -0.2) is 0 Å². The molecule has 2 heterocycles. The van der Waals surface area contributed by atoms with Crippen LogP contribution in [0.25, 0.3) is 6.08 Å². The third-order valence-corrected chi connectivity index (χ3v) is 7.18. The molecule has 0 spiro atoms. The molecule has 0 saturated carbocycles. The number of imide groups is 1. The molecule has 2 aliphatic rings. The van der Waals surface area contributed by atoms with E-state index in [-0.39, 0.29) is 31.1 Å². The average Bonchev–Trinajstić information content (AvgIpc) is 3.38. The molecule has 0 atom stereocenters. The first kappa shape index (κ1) is 23.9. The van der Waals surface area contributed by atoms with Crippen molar-refractivity contribution < 1.29 is 23.8 Å². The second-order valence-electron chi connectivity index (χ2n) is 7.66. The molecule has 2 aliphatic heterocycles. The summed E-state index contributed by atoms with van der Waals surface area (Å²) in [5, 5.41) is 1.13. The number of nitrogens with zero attached hydrogens (tertiary/aromatic N) is 1. The molecule has 35 heavy (non-hydrogen) atoms. The molecule has 10 heteroatoms. The van der Waals surface area contributed by atoms with Gasteiger partial charge in [0.15, 0.2) is 11.5 Å². The van der Waals surface area contributed by atoms with Gasteiger partial charge in [-0.1, -0.05) is 53.0 Å². The topological polar surface area (TPSA) is 65.1 Å². The van der Waals surface area contributed by atoms with Crippen LogP contribution in [0.5, 0.6) is 17.2 Å². The molecule has 0 aromatic heterocycles. The molecule has 3 aromatic rings. The number of rotatable bonds is 6. The van der Waals surface area contributed by atoms with Gasteiger partial charge in [0, 0.05) is 26.7 Å². The van der Waals surface area contributed by atoms with Crippen molar-refractivity contribution in [3.8, 4) is 17.2 Å². The van der Waals surface area contributed by atoms with Crippen molar-refractivity contribution in [1.82, 2.24) is 4.90 Å². The first-order valence-electron chi connectivity index (χ1n) is 10.4. The molecule has 3 aromatic carbocycles. The van der Waals surface area contributed by atoms with Crippen LogP contribution in [0.15, 0.2) is 59.5 Å². The normalized spacial score (nSPS) is 15.9. The number of amides is 2. The summed E-state index contributed by atoms with van der Waals surface area (Å²) in [6.45, 7) is 0.437. The lowest BCUT2D eigenvalue weighted by atomic mass is 10.1. The zero-order valence-corrected chi connectivity index (χ0v) is 21.0. The minimum Gasteiger partial charge on any atom is -0.489 e.